The lowest BCUT2D eigenvalue weighted by Gasteiger charge is -2.13. The second-order valence-electron chi connectivity index (χ2n) is 4.11. The molecule has 0 saturated heterocycles. The first-order valence-electron chi connectivity index (χ1n) is 5.72. The van der Waals surface area contributed by atoms with Crippen LogP contribution in [0.2, 0.25) is 0 Å². The van der Waals surface area contributed by atoms with Crippen LogP contribution < -0.4 is 0 Å². The molecule has 2 rings (SSSR count). The van der Waals surface area contributed by atoms with Crippen molar-refractivity contribution < 1.29 is 14.6 Å². The van der Waals surface area contributed by atoms with Gasteiger partial charge in [0, 0.05) is 12.0 Å². The van der Waals surface area contributed by atoms with Crippen molar-refractivity contribution in [3.63, 3.8) is 0 Å². The molecule has 0 aromatic heterocycles. The van der Waals surface area contributed by atoms with E-state index in [-0.39, 0.29) is 12.1 Å². The number of fused-ring (bicyclic) bond motifs is 1. The van der Waals surface area contributed by atoms with Gasteiger partial charge in [0.15, 0.2) is 0 Å². The van der Waals surface area contributed by atoms with Crippen LogP contribution in [0.1, 0.15) is 43.4 Å². The van der Waals surface area contributed by atoms with Crippen molar-refractivity contribution in [2.45, 2.75) is 38.7 Å². The fourth-order valence-corrected chi connectivity index (χ4v) is 2.14. The zero-order valence-corrected chi connectivity index (χ0v) is 9.40. The molecule has 86 valence electrons. The third kappa shape index (κ3) is 2.03. The van der Waals surface area contributed by atoms with Gasteiger partial charge in [-0.15, -0.1) is 0 Å². The lowest BCUT2D eigenvalue weighted by molar-refractivity contribution is -0.149. The molecule has 16 heavy (non-hydrogen) atoms. The Bertz CT molecular complexity index is 398. The van der Waals surface area contributed by atoms with Crippen LogP contribution in [0.3, 0.4) is 0 Å². The molecule has 1 unspecified atom stereocenters. The van der Waals surface area contributed by atoms with Crippen LogP contribution in [0.15, 0.2) is 18.2 Å². The fraction of sp³-hybridized carbons (Fsp3) is 0.462. The SMILES string of the molecule is CCCC(=O)OC1CCc2c(O)cccc21. The number of carbonyl (C=O) groups excluding carboxylic acids is 1. The molecular formula is C13H16O3. The smallest absolute Gasteiger partial charge is 0.306 e. The molecule has 1 aliphatic carbocycles. The van der Waals surface area contributed by atoms with Crippen molar-refractivity contribution in [1.82, 2.24) is 0 Å². The standard InChI is InChI=1S/C13H16O3/c1-2-4-13(15)16-12-8-7-9-10(12)5-3-6-11(9)14/h3,5-6,12,14H,2,4,7-8H2,1H3. The van der Waals surface area contributed by atoms with Gasteiger partial charge >= 0.3 is 5.97 Å². The average molecular weight is 220 g/mol. The fourth-order valence-electron chi connectivity index (χ4n) is 2.14. The van der Waals surface area contributed by atoms with Crippen molar-refractivity contribution >= 4 is 5.97 Å². The number of carbonyl (C=O) groups is 1. The Balaban J connectivity index is 2.12. The monoisotopic (exact) mass is 220 g/mol. The van der Waals surface area contributed by atoms with E-state index in [2.05, 4.69) is 0 Å². The number of rotatable bonds is 3. The van der Waals surface area contributed by atoms with Gasteiger partial charge in [-0.3, -0.25) is 4.79 Å². The van der Waals surface area contributed by atoms with Crippen LogP contribution in [-0.4, -0.2) is 11.1 Å². The predicted molar refractivity (Wildman–Crippen MR) is 60.2 cm³/mol. The van der Waals surface area contributed by atoms with Crippen LogP contribution in [0, 0.1) is 0 Å². The summed E-state index contributed by atoms with van der Waals surface area (Å²) in [7, 11) is 0. The molecule has 0 amide bonds. The molecule has 3 nitrogen and oxygen atoms in total. The molecule has 1 aromatic rings. The molecule has 0 radical (unpaired) electrons. The van der Waals surface area contributed by atoms with Gasteiger partial charge in [0.05, 0.1) is 0 Å². The van der Waals surface area contributed by atoms with Crippen LogP contribution >= 0.6 is 0 Å². The molecule has 1 atom stereocenters. The molecule has 0 aliphatic heterocycles. The summed E-state index contributed by atoms with van der Waals surface area (Å²) in [4.78, 5) is 11.4. The van der Waals surface area contributed by atoms with Gasteiger partial charge in [-0.2, -0.15) is 0 Å². The lowest BCUT2D eigenvalue weighted by atomic mass is 10.1. The van der Waals surface area contributed by atoms with E-state index in [1.165, 1.54) is 0 Å². The minimum absolute atomic E-state index is 0.149. The number of esters is 1. The van der Waals surface area contributed by atoms with E-state index in [0.717, 1.165) is 30.4 Å². The maximum atomic E-state index is 11.4. The normalized spacial score (nSPS) is 18.2. The van der Waals surface area contributed by atoms with E-state index in [1.54, 1.807) is 12.1 Å². The number of phenols is 1. The van der Waals surface area contributed by atoms with Crippen molar-refractivity contribution in [2.24, 2.45) is 0 Å². The molecule has 1 aromatic carbocycles. The molecule has 0 heterocycles. The van der Waals surface area contributed by atoms with Gasteiger partial charge in [0.2, 0.25) is 0 Å². The first-order valence-corrected chi connectivity index (χ1v) is 5.72. The minimum atomic E-state index is -0.166. The third-order valence-electron chi connectivity index (χ3n) is 2.92. The molecular weight excluding hydrogens is 204 g/mol. The zero-order valence-electron chi connectivity index (χ0n) is 9.40. The lowest BCUT2D eigenvalue weighted by Crippen LogP contribution is -2.08. The Hall–Kier alpha value is -1.51. The Labute approximate surface area is 95.0 Å². The summed E-state index contributed by atoms with van der Waals surface area (Å²) in [6.07, 6.45) is 2.67. The maximum absolute atomic E-state index is 11.4. The highest BCUT2D eigenvalue weighted by Gasteiger charge is 2.27. The van der Waals surface area contributed by atoms with Gasteiger partial charge in [0.25, 0.3) is 0 Å². The zero-order chi connectivity index (χ0) is 11.5. The van der Waals surface area contributed by atoms with Crippen LogP contribution in [0.4, 0.5) is 0 Å². The number of phenolic OH excluding ortho intramolecular Hbond substituents is 1. The predicted octanol–water partition coefficient (Wildman–Crippen LogP) is 2.72. The van der Waals surface area contributed by atoms with E-state index >= 15 is 0 Å². The number of ether oxygens (including phenoxy) is 1. The van der Waals surface area contributed by atoms with Gasteiger partial charge < -0.3 is 9.84 Å². The van der Waals surface area contributed by atoms with E-state index in [0.29, 0.717) is 12.2 Å². The first-order chi connectivity index (χ1) is 7.72. The van der Waals surface area contributed by atoms with Gasteiger partial charge in [-0.05, 0) is 30.9 Å². The van der Waals surface area contributed by atoms with Gasteiger partial charge in [0.1, 0.15) is 11.9 Å². The number of hydrogen-bond donors (Lipinski definition) is 1. The topological polar surface area (TPSA) is 46.5 Å². The largest absolute Gasteiger partial charge is 0.508 e. The summed E-state index contributed by atoms with van der Waals surface area (Å²) >= 11 is 0. The molecule has 3 heteroatoms. The van der Waals surface area contributed by atoms with E-state index < -0.39 is 0 Å². The Morgan fingerprint density at radius 1 is 1.56 bits per heavy atom. The quantitative estimate of drug-likeness (QED) is 0.797. The summed E-state index contributed by atoms with van der Waals surface area (Å²) in [5.74, 6) is 0.162. The third-order valence-corrected chi connectivity index (χ3v) is 2.92. The van der Waals surface area contributed by atoms with Crippen LogP contribution in [0.5, 0.6) is 5.75 Å². The van der Waals surface area contributed by atoms with E-state index in [1.807, 2.05) is 13.0 Å². The summed E-state index contributed by atoms with van der Waals surface area (Å²) in [6, 6.07) is 5.39. The Morgan fingerprint density at radius 3 is 3.12 bits per heavy atom. The van der Waals surface area contributed by atoms with Gasteiger partial charge in [-0.25, -0.2) is 0 Å². The maximum Gasteiger partial charge on any atom is 0.306 e. The van der Waals surface area contributed by atoms with Crippen LogP contribution in [-0.2, 0) is 16.0 Å². The van der Waals surface area contributed by atoms with E-state index in [4.69, 9.17) is 4.74 Å². The average Bonchev–Trinajstić information content (AvgIpc) is 2.64. The molecule has 1 aliphatic rings. The van der Waals surface area contributed by atoms with Crippen molar-refractivity contribution in [3.05, 3.63) is 29.3 Å². The number of aromatic hydroxyl groups is 1. The molecule has 1 N–H and O–H groups in total. The minimum Gasteiger partial charge on any atom is -0.508 e. The number of hydrogen-bond acceptors (Lipinski definition) is 3. The van der Waals surface area contributed by atoms with Crippen LogP contribution in [0.25, 0.3) is 0 Å². The highest BCUT2D eigenvalue weighted by Crippen LogP contribution is 2.38. The number of benzene rings is 1. The second-order valence-corrected chi connectivity index (χ2v) is 4.11. The summed E-state index contributed by atoms with van der Waals surface area (Å²) in [5, 5.41) is 9.65. The molecule has 0 saturated carbocycles. The second kappa shape index (κ2) is 4.56. The van der Waals surface area contributed by atoms with Crippen molar-refractivity contribution in [3.8, 4) is 5.75 Å². The molecule has 0 spiro atoms. The summed E-state index contributed by atoms with van der Waals surface area (Å²) in [6.45, 7) is 1.95. The van der Waals surface area contributed by atoms with Gasteiger partial charge in [-0.1, -0.05) is 19.1 Å². The van der Waals surface area contributed by atoms with E-state index in [9.17, 15) is 9.90 Å². The highest BCUT2D eigenvalue weighted by molar-refractivity contribution is 5.69. The Kier molecular flexibility index (Phi) is 3.13. The molecule has 0 fully saturated rings. The first kappa shape index (κ1) is 11.0. The highest BCUT2D eigenvalue weighted by atomic mass is 16.5. The summed E-state index contributed by atoms with van der Waals surface area (Å²) < 4.78 is 5.38. The van der Waals surface area contributed by atoms with Crippen molar-refractivity contribution in [1.29, 1.82) is 0 Å². The van der Waals surface area contributed by atoms with Crippen molar-refractivity contribution in [2.75, 3.05) is 0 Å². The molecule has 0 bridgehead atoms. The summed E-state index contributed by atoms with van der Waals surface area (Å²) in [5.41, 5.74) is 1.89. The Morgan fingerprint density at radius 2 is 2.38 bits per heavy atom.